The molecule has 0 saturated heterocycles. The van der Waals surface area contributed by atoms with Crippen molar-refractivity contribution in [1.29, 1.82) is 0 Å². The maximum atomic E-state index is 11.0. The maximum absolute atomic E-state index is 11.0. The van der Waals surface area contributed by atoms with Crippen molar-refractivity contribution < 1.29 is 19.8 Å². The van der Waals surface area contributed by atoms with Gasteiger partial charge in [-0.15, -0.1) is 0 Å². The first-order valence-electron chi connectivity index (χ1n) is 5.78. The lowest BCUT2D eigenvalue weighted by Crippen LogP contribution is -1.97. The third-order valence-electron chi connectivity index (χ3n) is 2.57. The number of carboxylic acid groups (broad SMARTS) is 2. The molecule has 0 aliphatic rings. The molecule has 0 bridgehead atoms. The Kier molecular flexibility index (Phi) is 5.63. The van der Waals surface area contributed by atoms with Gasteiger partial charge in [0.2, 0.25) is 0 Å². The molecule has 0 radical (unpaired) electrons. The molecule has 0 aliphatic heterocycles. The van der Waals surface area contributed by atoms with E-state index in [2.05, 4.69) is 0 Å². The zero-order chi connectivity index (χ0) is 16.3. The summed E-state index contributed by atoms with van der Waals surface area (Å²) in [4.78, 5) is 23.4. The van der Waals surface area contributed by atoms with E-state index in [9.17, 15) is 9.59 Å². The van der Waals surface area contributed by atoms with Crippen molar-refractivity contribution in [3.8, 4) is 0 Å². The number of halogens is 2. The van der Waals surface area contributed by atoms with Gasteiger partial charge in [-0.05, 0) is 36.4 Å². The summed E-state index contributed by atoms with van der Waals surface area (Å²) in [5.41, 5.74) is 0.0456. The molecule has 4 nitrogen and oxygen atoms in total. The van der Waals surface area contributed by atoms with E-state index in [1.165, 1.54) is 45.9 Å². The molecule has 2 aromatic rings. The molecule has 0 aromatic heterocycles. The quantitative estimate of drug-likeness (QED) is 0.701. The van der Waals surface area contributed by atoms with Gasteiger partial charge in [-0.3, -0.25) is 0 Å². The molecule has 2 rings (SSSR count). The Morgan fingerprint density at radius 1 is 0.773 bits per heavy atom. The Morgan fingerprint density at radius 3 is 1.45 bits per heavy atom. The van der Waals surface area contributed by atoms with Crippen LogP contribution in [0.15, 0.2) is 46.2 Å². The van der Waals surface area contributed by atoms with Crippen LogP contribution >= 0.6 is 44.8 Å². The van der Waals surface area contributed by atoms with Gasteiger partial charge in [-0.25, -0.2) is 9.59 Å². The minimum atomic E-state index is -1.10. The van der Waals surface area contributed by atoms with Gasteiger partial charge in [0, 0.05) is 9.79 Å². The van der Waals surface area contributed by atoms with Crippen LogP contribution in [0.2, 0.25) is 10.0 Å². The standard InChI is InChI=1S/C14H8Cl2O4S2/c15-11-3-1-7(5-9(11)13(17)18)21-22-8-2-4-12(16)10(6-8)14(19)20/h1-6H,(H,17,18)(H,19,20). The van der Waals surface area contributed by atoms with E-state index in [0.29, 0.717) is 9.79 Å². The third kappa shape index (κ3) is 4.10. The number of hydrogen-bond donors (Lipinski definition) is 2. The lowest BCUT2D eigenvalue weighted by molar-refractivity contribution is 0.0686. The molecule has 0 heterocycles. The molecule has 0 fully saturated rings. The Morgan fingerprint density at radius 2 is 1.14 bits per heavy atom. The molecule has 0 spiro atoms. The molecule has 0 atom stereocenters. The van der Waals surface area contributed by atoms with Gasteiger partial charge in [-0.2, -0.15) is 0 Å². The van der Waals surface area contributed by atoms with Gasteiger partial charge >= 0.3 is 11.9 Å². The highest BCUT2D eigenvalue weighted by Crippen LogP contribution is 2.39. The van der Waals surface area contributed by atoms with Crippen LogP contribution in [-0.2, 0) is 0 Å². The summed E-state index contributed by atoms with van der Waals surface area (Å²) in [5.74, 6) is -2.20. The normalized spacial score (nSPS) is 10.5. The average Bonchev–Trinajstić information content (AvgIpc) is 2.47. The Bertz CT molecular complexity index is 686. The number of hydrogen-bond acceptors (Lipinski definition) is 4. The largest absolute Gasteiger partial charge is 0.478 e. The van der Waals surface area contributed by atoms with Crippen LogP contribution in [-0.4, -0.2) is 22.2 Å². The van der Waals surface area contributed by atoms with Crippen LogP contribution in [0, 0.1) is 0 Å². The minimum Gasteiger partial charge on any atom is -0.478 e. The number of rotatable bonds is 5. The van der Waals surface area contributed by atoms with Crippen LogP contribution in [0.4, 0.5) is 0 Å². The average molecular weight is 375 g/mol. The summed E-state index contributed by atoms with van der Waals surface area (Å²) in [7, 11) is 2.60. The Labute approximate surface area is 143 Å². The van der Waals surface area contributed by atoms with Crippen molar-refractivity contribution in [3.05, 3.63) is 57.6 Å². The molecule has 0 amide bonds. The van der Waals surface area contributed by atoms with Crippen LogP contribution < -0.4 is 0 Å². The fourth-order valence-corrected chi connectivity index (χ4v) is 3.90. The van der Waals surface area contributed by atoms with Gasteiger partial charge in [0.1, 0.15) is 0 Å². The van der Waals surface area contributed by atoms with Crippen molar-refractivity contribution in [1.82, 2.24) is 0 Å². The van der Waals surface area contributed by atoms with Gasteiger partial charge in [0.15, 0.2) is 0 Å². The topological polar surface area (TPSA) is 74.6 Å². The second-order valence-electron chi connectivity index (χ2n) is 4.06. The lowest BCUT2D eigenvalue weighted by Gasteiger charge is -2.05. The molecule has 22 heavy (non-hydrogen) atoms. The van der Waals surface area contributed by atoms with E-state index >= 15 is 0 Å². The predicted molar refractivity (Wildman–Crippen MR) is 88.5 cm³/mol. The maximum Gasteiger partial charge on any atom is 0.337 e. The highest BCUT2D eigenvalue weighted by atomic mass is 35.5. The van der Waals surface area contributed by atoms with E-state index in [4.69, 9.17) is 33.4 Å². The first kappa shape index (κ1) is 17.0. The molecule has 114 valence electrons. The molecule has 2 aromatic carbocycles. The second-order valence-corrected chi connectivity index (χ2v) is 7.15. The zero-order valence-corrected chi connectivity index (χ0v) is 13.9. The Balaban J connectivity index is 2.17. The Hall–Kier alpha value is -1.34. The molecule has 2 N–H and O–H groups in total. The van der Waals surface area contributed by atoms with Crippen molar-refractivity contribution in [3.63, 3.8) is 0 Å². The molecule has 0 saturated carbocycles. The molecular formula is C14H8Cl2O4S2. The van der Waals surface area contributed by atoms with Gasteiger partial charge in [0.25, 0.3) is 0 Å². The van der Waals surface area contributed by atoms with Gasteiger partial charge in [0.05, 0.1) is 21.2 Å². The zero-order valence-electron chi connectivity index (χ0n) is 10.7. The number of carbonyl (C=O) groups is 2. The van der Waals surface area contributed by atoms with Crippen LogP contribution in [0.3, 0.4) is 0 Å². The molecule has 8 heteroatoms. The van der Waals surface area contributed by atoms with E-state index in [1.807, 2.05) is 0 Å². The van der Waals surface area contributed by atoms with Crippen molar-refractivity contribution >= 4 is 56.7 Å². The van der Waals surface area contributed by atoms with Crippen LogP contribution in [0.25, 0.3) is 0 Å². The number of benzene rings is 2. The highest BCUT2D eigenvalue weighted by molar-refractivity contribution is 8.76. The van der Waals surface area contributed by atoms with Crippen LogP contribution in [0.1, 0.15) is 20.7 Å². The van der Waals surface area contributed by atoms with E-state index < -0.39 is 11.9 Å². The molecular weight excluding hydrogens is 367 g/mol. The fourth-order valence-electron chi connectivity index (χ4n) is 1.54. The summed E-state index contributed by atoms with van der Waals surface area (Å²) in [5, 5.41) is 18.4. The summed E-state index contributed by atoms with van der Waals surface area (Å²) < 4.78 is 0. The number of aromatic carboxylic acids is 2. The van der Waals surface area contributed by atoms with Crippen molar-refractivity contribution in [2.45, 2.75) is 9.79 Å². The van der Waals surface area contributed by atoms with E-state index in [-0.39, 0.29) is 21.2 Å². The van der Waals surface area contributed by atoms with Gasteiger partial charge < -0.3 is 10.2 Å². The monoisotopic (exact) mass is 374 g/mol. The minimum absolute atomic E-state index is 0.0228. The van der Waals surface area contributed by atoms with E-state index in [0.717, 1.165) is 0 Å². The van der Waals surface area contributed by atoms with Gasteiger partial charge in [-0.1, -0.05) is 44.8 Å². The molecule has 0 unspecified atom stereocenters. The summed E-state index contributed by atoms with van der Waals surface area (Å²) in [6.07, 6.45) is 0. The summed E-state index contributed by atoms with van der Waals surface area (Å²) in [6.45, 7) is 0. The summed E-state index contributed by atoms with van der Waals surface area (Å²) in [6, 6.07) is 9.35. The van der Waals surface area contributed by atoms with E-state index in [1.54, 1.807) is 12.1 Å². The van der Waals surface area contributed by atoms with Crippen molar-refractivity contribution in [2.24, 2.45) is 0 Å². The highest BCUT2D eigenvalue weighted by Gasteiger charge is 2.12. The first-order chi connectivity index (χ1) is 10.4. The van der Waals surface area contributed by atoms with Crippen molar-refractivity contribution in [2.75, 3.05) is 0 Å². The second kappa shape index (κ2) is 7.28. The first-order valence-corrected chi connectivity index (χ1v) is 8.69. The lowest BCUT2D eigenvalue weighted by atomic mass is 10.2. The SMILES string of the molecule is O=C(O)c1cc(SSc2ccc(Cl)c(C(=O)O)c2)ccc1Cl. The van der Waals surface area contributed by atoms with Crippen LogP contribution in [0.5, 0.6) is 0 Å². The fraction of sp³-hybridized carbons (Fsp3) is 0. The predicted octanol–water partition coefficient (Wildman–Crippen LogP) is 5.19. The summed E-state index contributed by atoms with van der Waals surface area (Å²) >= 11 is 11.6. The number of carboxylic acids is 2. The third-order valence-corrected chi connectivity index (χ3v) is 5.61. The molecule has 0 aliphatic carbocycles. The smallest absolute Gasteiger partial charge is 0.337 e.